The molecule has 2 heteroatoms. The quantitative estimate of drug-likeness (QED) is 0.740. The molecular weight excluding hydrogens is 210 g/mol. The van der Waals surface area contributed by atoms with Crippen molar-refractivity contribution in [2.75, 3.05) is 26.7 Å². The number of aliphatic hydroxyl groups is 1. The first-order valence-corrected chi connectivity index (χ1v) is 7.43. The molecule has 0 spiro atoms. The van der Waals surface area contributed by atoms with Crippen molar-refractivity contribution < 1.29 is 5.11 Å². The Bertz CT molecular complexity index is 187. The fourth-order valence-electron chi connectivity index (χ4n) is 2.85. The van der Waals surface area contributed by atoms with Crippen LogP contribution in [0, 0.1) is 17.8 Å². The Morgan fingerprint density at radius 3 is 2.35 bits per heavy atom. The summed E-state index contributed by atoms with van der Waals surface area (Å²) in [5, 5.41) is 9.34. The van der Waals surface area contributed by atoms with Crippen LogP contribution in [0.1, 0.15) is 52.4 Å². The summed E-state index contributed by atoms with van der Waals surface area (Å²) in [4.78, 5) is 2.41. The van der Waals surface area contributed by atoms with Crippen LogP contribution in [0.15, 0.2) is 0 Å². The minimum Gasteiger partial charge on any atom is -0.396 e. The van der Waals surface area contributed by atoms with Gasteiger partial charge in [-0.25, -0.2) is 0 Å². The van der Waals surface area contributed by atoms with Gasteiger partial charge in [0.2, 0.25) is 0 Å². The molecule has 102 valence electrons. The number of rotatable bonds is 7. The third kappa shape index (κ3) is 5.87. The Balaban J connectivity index is 2.17. The zero-order valence-electron chi connectivity index (χ0n) is 12.0. The Hall–Kier alpha value is -0.0800. The molecule has 0 aromatic heterocycles. The van der Waals surface area contributed by atoms with Gasteiger partial charge >= 0.3 is 0 Å². The maximum Gasteiger partial charge on any atom is 0.0473 e. The average Bonchev–Trinajstić information content (AvgIpc) is 2.34. The maximum atomic E-state index is 9.34. The zero-order valence-corrected chi connectivity index (χ0v) is 12.0. The summed E-state index contributed by atoms with van der Waals surface area (Å²) < 4.78 is 0. The van der Waals surface area contributed by atoms with Gasteiger partial charge in [0.25, 0.3) is 0 Å². The molecule has 0 aromatic rings. The Morgan fingerprint density at radius 1 is 1.18 bits per heavy atom. The second kappa shape index (κ2) is 8.10. The predicted octanol–water partition coefficient (Wildman–Crippen LogP) is 3.15. The monoisotopic (exact) mass is 241 g/mol. The van der Waals surface area contributed by atoms with Crippen LogP contribution >= 0.6 is 0 Å². The zero-order chi connectivity index (χ0) is 12.7. The van der Waals surface area contributed by atoms with Crippen LogP contribution in [0.25, 0.3) is 0 Å². The molecule has 1 unspecified atom stereocenters. The molecule has 0 radical (unpaired) electrons. The van der Waals surface area contributed by atoms with E-state index in [1.165, 1.54) is 45.1 Å². The van der Waals surface area contributed by atoms with Crippen LogP contribution in [0.3, 0.4) is 0 Å². The minimum absolute atomic E-state index is 0.325. The van der Waals surface area contributed by atoms with Crippen molar-refractivity contribution in [3.05, 3.63) is 0 Å². The number of hydrogen-bond acceptors (Lipinski definition) is 2. The van der Waals surface area contributed by atoms with Gasteiger partial charge in [-0.05, 0) is 37.8 Å². The summed E-state index contributed by atoms with van der Waals surface area (Å²) in [5.74, 6) is 1.99. The minimum atomic E-state index is 0.325. The first kappa shape index (κ1) is 15.0. The van der Waals surface area contributed by atoms with Crippen LogP contribution in [-0.4, -0.2) is 36.8 Å². The lowest BCUT2D eigenvalue weighted by Gasteiger charge is -2.28. The normalized spacial score (nSPS) is 20.1. The van der Waals surface area contributed by atoms with E-state index in [0.29, 0.717) is 18.4 Å². The molecule has 1 fully saturated rings. The number of aliphatic hydroxyl groups excluding tert-OH is 1. The van der Waals surface area contributed by atoms with Gasteiger partial charge in [-0.3, -0.25) is 0 Å². The van der Waals surface area contributed by atoms with Crippen molar-refractivity contribution in [2.45, 2.75) is 52.4 Å². The maximum absolute atomic E-state index is 9.34. The smallest absolute Gasteiger partial charge is 0.0473 e. The van der Waals surface area contributed by atoms with E-state index in [0.717, 1.165) is 12.5 Å². The molecule has 2 nitrogen and oxygen atoms in total. The lowest BCUT2D eigenvalue weighted by atomic mass is 9.87. The number of nitrogens with zero attached hydrogens (tertiary/aromatic N) is 1. The summed E-state index contributed by atoms with van der Waals surface area (Å²) in [7, 11) is 2.20. The van der Waals surface area contributed by atoms with Crippen molar-refractivity contribution >= 4 is 0 Å². The third-order valence-electron chi connectivity index (χ3n) is 4.37. The highest BCUT2D eigenvalue weighted by Gasteiger charge is 2.17. The van der Waals surface area contributed by atoms with Gasteiger partial charge in [-0.15, -0.1) is 0 Å². The molecule has 1 atom stereocenters. The molecule has 0 aliphatic heterocycles. The van der Waals surface area contributed by atoms with E-state index in [1.54, 1.807) is 0 Å². The van der Waals surface area contributed by atoms with E-state index >= 15 is 0 Å². The van der Waals surface area contributed by atoms with Crippen LogP contribution in [0.2, 0.25) is 0 Å². The largest absolute Gasteiger partial charge is 0.396 e. The Labute approximate surface area is 107 Å². The van der Waals surface area contributed by atoms with Crippen LogP contribution < -0.4 is 0 Å². The van der Waals surface area contributed by atoms with Gasteiger partial charge in [0.1, 0.15) is 0 Å². The van der Waals surface area contributed by atoms with E-state index in [9.17, 15) is 5.11 Å². The molecule has 17 heavy (non-hydrogen) atoms. The first-order valence-electron chi connectivity index (χ1n) is 7.43. The SMILES string of the molecule is CC(C)C(CO)CN(C)CCC1CCCCC1. The molecule has 1 saturated carbocycles. The molecule has 0 heterocycles. The molecule has 0 aromatic carbocycles. The number of hydrogen-bond donors (Lipinski definition) is 1. The molecule has 1 aliphatic rings. The summed E-state index contributed by atoms with van der Waals surface area (Å²) in [5.41, 5.74) is 0. The molecule has 1 N–H and O–H groups in total. The summed E-state index contributed by atoms with van der Waals surface area (Å²) >= 11 is 0. The highest BCUT2D eigenvalue weighted by Crippen LogP contribution is 2.26. The highest BCUT2D eigenvalue weighted by atomic mass is 16.3. The Morgan fingerprint density at radius 2 is 1.82 bits per heavy atom. The summed E-state index contributed by atoms with van der Waals surface area (Å²) in [6.45, 7) is 6.98. The van der Waals surface area contributed by atoms with Crippen molar-refractivity contribution in [1.29, 1.82) is 0 Å². The van der Waals surface area contributed by atoms with Crippen LogP contribution in [-0.2, 0) is 0 Å². The predicted molar refractivity (Wildman–Crippen MR) is 74.1 cm³/mol. The van der Waals surface area contributed by atoms with E-state index in [-0.39, 0.29) is 0 Å². The summed E-state index contributed by atoms with van der Waals surface area (Å²) in [6.07, 6.45) is 8.58. The second-order valence-corrected chi connectivity index (χ2v) is 6.24. The van der Waals surface area contributed by atoms with Crippen molar-refractivity contribution in [3.63, 3.8) is 0 Å². The van der Waals surface area contributed by atoms with E-state index in [1.807, 2.05) is 0 Å². The van der Waals surface area contributed by atoms with Crippen molar-refractivity contribution in [1.82, 2.24) is 4.90 Å². The van der Waals surface area contributed by atoms with Gasteiger partial charge < -0.3 is 10.0 Å². The van der Waals surface area contributed by atoms with E-state index in [4.69, 9.17) is 0 Å². The summed E-state index contributed by atoms with van der Waals surface area (Å²) in [6, 6.07) is 0. The fourth-order valence-corrected chi connectivity index (χ4v) is 2.85. The van der Waals surface area contributed by atoms with Gasteiger partial charge in [-0.1, -0.05) is 46.0 Å². The standard InChI is InChI=1S/C15H31NO/c1-13(2)15(12-17)11-16(3)10-9-14-7-5-4-6-8-14/h13-15,17H,4-12H2,1-3H3. The third-order valence-corrected chi connectivity index (χ3v) is 4.37. The lowest BCUT2D eigenvalue weighted by Crippen LogP contribution is -2.32. The second-order valence-electron chi connectivity index (χ2n) is 6.24. The lowest BCUT2D eigenvalue weighted by molar-refractivity contribution is 0.141. The van der Waals surface area contributed by atoms with Gasteiger partial charge in [-0.2, -0.15) is 0 Å². The van der Waals surface area contributed by atoms with E-state index in [2.05, 4.69) is 25.8 Å². The van der Waals surface area contributed by atoms with Gasteiger partial charge in [0.05, 0.1) is 0 Å². The molecule has 1 aliphatic carbocycles. The highest BCUT2D eigenvalue weighted by molar-refractivity contribution is 4.70. The van der Waals surface area contributed by atoms with Crippen LogP contribution in [0.4, 0.5) is 0 Å². The van der Waals surface area contributed by atoms with E-state index < -0.39 is 0 Å². The molecule has 1 rings (SSSR count). The fraction of sp³-hybridized carbons (Fsp3) is 1.00. The van der Waals surface area contributed by atoms with Crippen LogP contribution in [0.5, 0.6) is 0 Å². The molecule has 0 saturated heterocycles. The van der Waals surface area contributed by atoms with Crippen molar-refractivity contribution in [2.24, 2.45) is 17.8 Å². The first-order chi connectivity index (χ1) is 8.13. The molecular formula is C15H31NO. The van der Waals surface area contributed by atoms with Gasteiger partial charge in [0, 0.05) is 13.2 Å². The average molecular weight is 241 g/mol. The van der Waals surface area contributed by atoms with Crippen molar-refractivity contribution in [3.8, 4) is 0 Å². The Kier molecular flexibility index (Phi) is 7.14. The topological polar surface area (TPSA) is 23.5 Å². The molecule has 0 bridgehead atoms. The van der Waals surface area contributed by atoms with Gasteiger partial charge in [0.15, 0.2) is 0 Å². The molecule has 0 amide bonds.